The molecule has 0 saturated carbocycles. The summed E-state index contributed by atoms with van der Waals surface area (Å²) in [5, 5.41) is 5.48. The van der Waals surface area contributed by atoms with Crippen molar-refractivity contribution in [3.63, 3.8) is 0 Å². The molecular weight excluding hydrogens is 456 g/mol. The highest BCUT2D eigenvalue weighted by Gasteiger charge is 2.34. The van der Waals surface area contributed by atoms with Gasteiger partial charge < -0.3 is 9.88 Å². The average molecular weight is 475 g/mol. The summed E-state index contributed by atoms with van der Waals surface area (Å²) < 4.78 is 3.14. The molecule has 1 atom stereocenters. The number of hydrogen-bond donors (Lipinski definition) is 1. The molecule has 0 spiro atoms. The van der Waals surface area contributed by atoms with E-state index < -0.39 is 5.56 Å². The van der Waals surface area contributed by atoms with Crippen LogP contribution in [-0.2, 0) is 0 Å². The number of aryl methyl sites for hydroxylation is 1. The van der Waals surface area contributed by atoms with Gasteiger partial charge in [-0.15, -0.1) is 0 Å². The molecule has 1 N–H and O–H groups in total. The predicted octanol–water partition coefficient (Wildman–Crippen LogP) is 2.82. The maximum Gasteiger partial charge on any atom is 0.285 e. The molecule has 1 aliphatic rings. The third-order valence-corrected chi connectivity index (χ3v) is 6.47. The number of nitrogens with one attached hydrogen (secondary N) is 1. The van der Waals surface area contributed by atoms with Gasteiger partial charge in [0.05, 0.1) is 23.1 Å². The van der Waals surface area contributed by atoms with Crippen molar-refractivity contribution < 1.29 is 0 Å². The minimum absolute atomic E-state index is 0.260. The Morgan fingerprint density at radius 1 is 1.15 bits per heavy atom. The molecule has 6 rings (SSSR count). The fourth-order valence-electron chi connectivity index (χ4n) is 4.69. The van der Waals surface area contributed by atoms with Gasteiger partial charge in [0.15, 0.2) is 5.82 Å². The van der Waals surface area contributed by atoms with E-state index in [2.05, 4.69) is 19.9 Å². The van der Waals surface area contributed by atoms with Gasteiger partial charge in [0, 0.05) is 12.7 Å². The Morgan fingerprint density at radius 2 is 2.03 bits per heavy atom. The number of benzene rings is 1. The zero-order valence-electron chi connectivity index (χ0n) is 18.1. The first-order valence-electron chi connectivity index (χ1n) is 10.8. The monoisotopic (exact) mass is 474 g/mol. The van der Waals surface area contributed by atoms with Gasteiger partial charge in [-0.2, -0.15) is 10.1 Å². The highest BCUT2D eigenvalue weighted by atomic mass is 35.5. The summed E-state index contributed by atoms with van der Waals surface area (Å²) in [6.45, 7) is 2.61. The zero-order valence-corrected chi connectivity index (χ0v) is 18.9. The Hall–Kier alpha value is -4.05. The van der Waals surface area contributed by atoms with Crippen LogP contribution in [0.25, 0.3) is 22.2 Å². The second-order valence-electron chi connectivity index (χ2n) is 8.27. The van der Waals surface area contributed by atoms with E-state index in [1.54, 1.807) is 16.8 Å². The molecule has 5 aromatic rings. The molecule has 0 bridgehead atoms. The van der Waals surface area contributed by atoms with Gasteiger partial charge in [0.1, 0.15) is 28.7 Å². The van der Waals surface area contributed by atoms with Crippen molar-refractivity contribution >= 4 is 34.0 Å². The molecule has 170 valence electrons. The molecule has 1 saturated heterocycles. The van der Waals surface area contributed by atoms with Crippen molar-refractivity contribution in [2.45, 2.75) is 25.8 Å². The molecular formula is C23H19ClN8O2. The topological polar surface area (TPSA) is 114 Å². The predicted molar refractivity (Wildman–Crippen MR) is 128 cm³/mol. The quantitative estimate of drug-likeness (QED) is 0.427. The van der Waals surface area contributed by atoms with Gasteiger partial charge in [-0.1, -0.05) is 23.7 Å². The van der Waals surface area contributed by atoms with Crippen molar-refractivity contribution in [3.8, 4) is 5.69 Å². The third kappa shape index (κ3) is 3.10. The van der Waals surface area contributed by atoms with Crippen LogP contribution in [0.5, 0.6) is 0 Å². The third-order valence-electron chi connectivity index (χ3n) is 6.17. The summed E-state index contributed by atoms with van der Waals surface area (Å²) in [5.41, 5.74) is 1.76. The normalized spacial score (nSPS) is 16.1. The Balaban J connectivity index is 1.62. The Kier molecular flexibility index (Phi) is 4.70. The molecule has 0 aliphatic carbocycles. The van der Waals surface area contributed by atoms with E-state index in [-0.39, 0.29) is 11.6 Å². The molecule has 5 heterocycles. The summed E-state index contributed by atoms with van der Waals surface area (Å²) in [5.74, 6) is 1.01. The van der Waals surface area contributed by atoms with Crippen molar-refractivity contribution in [2.24, 2.45) is 0 Å². The summed E-state index contributed by atoms with van der Waals surface area (Å²) in [6.07, 6.45) is 5.98. The summed E-state index contributed by atoms with van der Waals surface area (Å²) in [7, 11) is 0. The minimum atomic E-state index is -0.410. The van der Waals surface area contributed by atoms with E-state index in [0.717, 1.165) is 18.4 Å². The van der Waals surface area contributed by atoms with Crippen LogP contribution < -0.4 is 16.0 Å². The highest BCUT2D eigenvalue weighted by molar-refractivity contribution is 6.33. The fourth-order valence-corrected chi connectivity index (χ4v) is 4.91. The van der Waals surface area contributed by atoms with Crippen molar-refractivity contribution in [2.75, 3.05) is 11.4 Å². The van der Waals surface area contributed by atoms with E-state index in [1.807, 2.05) is 36.1 Å². The smallest absolute Gasteiger partial charge is 0.285 e. The molecule has 34 heavy (non-hydrogen) atoms. The summed E-state index contributed by atoms with van der Waals surface area (Å²) in [4.78, 5) is 43.8. The largest absolute Gasteiger partial charge is 0.345 e. The first-order valence-corrected chi connectivity index (χ1v) is 11.2. The lowest BCUT2D eigenvalue weighted by molar-refractivity contribution is 0.602. The van der Waals surface area contributed by atoms with Gasteiger partial charge in [-0.3, -0.25) is 14.2 Å². The van der Waals surface area contributed by atoms with E-state index in [0.29, 0.717) is 45.4 Å². The number of rotatable bonds is 3. The molecule has 1 aliphatic heterocycles. The second-order valence-corrected chi connectivity index (χ2v) is 8.68. The number of hydrogen-bond acceptors (Lipinski definition) is 7. The maximum atomic E-state index is 13.7. The van der Waals surface area contributed by atoms with Crippen LogP contribution >= 0.6 is 11.6 Å². The molecule has 4 aromatic heterocycles. The van der Waals surface area contributed by atoms with Crippen LogP contribution in [-0.4, -0.2) is 40.7 Å². The van der Waals surface area contributed by atoms with Crippen molar-refractivity contribution in [1.29, 1.82) is 0 Å². The number of nitrogens with zero attached hydrogens (tertiary/aromatic N) is 7. The van der Waals surface area contributed by atoms with Crippen LogP contribution in [0.1, 0.15) is 30.3 Å². The Morgan fingerprint density at radius 3 is 2.88 bits per heavy atom. The van der Waals surface area contributed by atoms with E-state index >= 15 is 0 Å². The number of fused-ring (bicyclic) bond motifs is 2. The van der Waals surface area contributed by atoms with Gasteiger partial charge >= 0.3 is 0 Å². The van der Waals surface area contributed by atoms with Gasteiger partial charge in [-0.05, 0) is 43.5 Å². The summed E-state index contributed by atoms with van der Waals surface area (Å²) >= 11 is 6.34. The Bertz CT molecular complexity index is 1680. The minimum Gasteiger partial charge on any atom is -0.345 e. The highest BCUT2D eigenvalue weighted by Crippen LogP contribution is 2.36. The number of H-pyrrole nitrogens is 1. The molecule has 0 radical (unpaired) electrons. The van der Waals surface area contributed by atoms with Crippen LogP contribution in [0.2, 0.25) is 5.02 Å². The number of halogens is 1. The summed E-state index contributed by atoms with van der Waals surface area (Å²) in [6, 6.07) is 9.04. The fraction of sp³-hybridized carbons (Fsp3) is 0.217. The molecule has 1 unspecified atom stereocenters. The first-order chi connectivity index (χ1) is 16.5. The molecule has 1 aromatic carbocycles. The van der Waals surface area contributed by atoms with Crippen LogP contribution in [0.4, 0.5) is 5.82 Å². The van der Waals surface area contributed by atoms with Gasteiger partial charge in [-0.25, -0.2) is 14.5 Å². The standard InChI is InChI=1S/C23H19ClN8O2/c1-13-4-2-5-14(10-13)32-20(29-31-9-7-15(24)18(31)23(32)34)16-6-3-8-30(16)21-17-19(25-11-27-21)26-12-28-22(17)33/h2,4-5,7,9-12,16H,3,6,8H2,1H3,(H,25,26,27,28,33). The van der Waals surface area contributed by atoms with Crippen molar-refractivity contribution in [1.82, 2.24) is 34.1 Å². The second kappa shape index (κ2) is 7.77. The number of anilines is 1. The van der Waals surface area contributed by atoms with Crippen LogP contribution in [0.3, 0.4) is 0 Å². The maximum absolute atomic E-state index is 13.7. The lowest BCUT2D eigenvalue weighted by atomic mass is 10.1. The van der Waals surface area contributed by atoms with Gasteiger partial charge in [0.25, 0.3) is 11.1 Å². The first kappa shape index (κ1) is 20.5. The number of aromatic nitrogens is 7. The van der Waals surface area contributed by atoms with Crippen LogP contribution in [0, 0.1) is 6.92 Å². The lowest BCUT2D eigenvalue weighted by Crippen LogP contribution is -2.34. The number of aromatic amines is 1. The van der Waals surface area contributed by atoms with Crippen molar-refractivity contribution in [3.05, 3.63) is 86.3 Å². The molecule has 0 amide bonds. The van der Waals surface area contributed by atoms with Gasteiger partial charge in [0.2, 0.25) is 0 Å². The van der Waals surface area contributed by atoms with E-state index in [4.69, 9.17) is 16.7 Å². The van der Waals surface area contributed by atoms with E-state index in [1.165, 1.54) is 17.2 Å². The molecule has 1 fully saturated rings. The van der Waals surface area contributed by atoms with E-state index in [9.17, 15) is 9.59 Å². The SMILES string of the molecule is Cc1cccc(-n2c(C3CCCN3c3ncnc4[nH]cnc(=O)c34)nn3ccc(Cl)c3c2=O)c1. The zero-order chi connectivity index (χ0) is 23.4. The molecule has 10 nitrogen and oxygen atoms in total. The average Bonchev–Trinajstić information content (AvgIpc) is 3.46. The Labute approximate surface area is 197 Å². The van der Waals surface area contributed by atoms with Crippen LogP contribution in [0.15, 0.2) is 58.8 Å². The molecule has 11 heteroatoms. The lowest BCUT2D eigenvalue weighted by Gasteiger charge is -2.27.